The van der Waals surface area contributed by atoms with Gasteiger partial charge in [-0.2, -0.15) is 0 Å². The summed E-state index contributed by atoms with van der Waals surface area (Å²) in [6, 6.07) is 15.6. The number of pyridine rings is 1. The molecule has 0 spiro atoms. The van der Waals surface area contributed by atoms with E-state index in [9.17, 15) is 4.79 Å². The van der Waals surface area contributed by atoms with Gasteiger partial charge in [0.2, 0.25) is 5.96 Å². The van der Waals surface area contributed by atoms with Crippen LogP contribution in [0.5, 0.6) is 11.5 Å². The number of methoxy groups -OCH3 is 2. The van der Waals surface area contributed by atoms with Crippen LogP contribution in [0, 0.1) is 0 Å². The number of benzene rings is 2. The number of rotatable bonds is 6. The molecule has 0 saturated heterocycles. The Morgan fingerprint density at radius 2 is 1.63 bits per heavy atom. The van der Waals surface area contributed by atoms with Crippen molar-refractivity contribution in [3.05, 3.63) is 83.1 Å². The number of hydrogen-bond donors (Lipinski definition) is 2. The number of carbonyl (C=O) groups excluding carboxylic acids is 1. The van der Waals surface area contributed by atoms with Crippen molar-refractivity contribution in [3.8, 4) is 11.5 Å². The average molecular weight is 425 g/mol. The highest BCUT2D eigenvalue weighted by Crippen LogP contribution is 2.25. The molecule has 0 fully saturated rings. The summed E-state index contributed by atoms with van der Waals surface area (Å²) in [4.78, 5) is 21.2. The zero-order valence-corrected chi connectivity index (χ0v) is 17.3. The van der Waals surface area contributed by atoms with Crippen LogP contribution in [0.3, 0.4) is 0 Å². The largest absolute Gasteiger partial charge is 0.497 e. The molecule has 0 saturated carbocycles. The Labute approximate surface area is 179 Å². The number of nitrogens with one attached hydrogen (secondary N) is 2. The smallest absolute Gasteiger partial charge is 0.257 e. The Balaban J connectivity index is 1.85. The minimum atomic E-state index is -0.317. The molecule has 1 amide bonds. The number of halogens is 1. The van der Waals surface area contributed by atoms with Crippen LogP contribution in [0.2, 0.25) is 5.02 Å². The highest BCUT2D eigenvalue weighted by molar-refractivity contribution is 6.30. The van der Waals surface area contributed by atoms with Crippen molar-refractivity contribution in [2.24, 2.45) is 4.99 Å². The Kier molecular flexibility index (Phi) is 7.24. The van der Waals surface area contributed by atoms with E-state index in [1.54, 1.807) is 69.1 Å². The van der Waals surface area contributed by atoms with Crippen molar-refractivity contribution in [2.45, 2.75) is 6.54 Å². The second-order valence-corrected chi connectivity index (χ2v) is 6.64. The number of ether oxygens (including phenoxy) is 2. The van der Waals surface area contributed by atoms with Gasteiger partial charge in [-0.05, 0) is 42.0 Å². The lowest BCUT2D eigenvalue weighted by Crippen LogP contribution is -2.36. The van der Waals surface area contributed by atoms with Gasteiger partial charge in [0, 0.05) is 46.9 Å². The zero-order valence-electron chi connectivity index (χ0n) is 16.6. The molecule has 3 rings (SSSR count). The minimum absolute atomic E-state index is 0.280. The molecule has 0 bridgehead atoms. The van der Waals surface area contributed by atoms with Crippen LogP contribution >= 0.6 is 11.6 Å². The minimum Gasteiger partial charge on any atom is -0.497 e. The molecule has 0 aliphatic rings. The van der Waals surface area contributed by atoms with Gasteiger partial charge in [-0.15, -0.1) is 0 Å². The topological polar surface area (TPSA) is 84.8 Å². The van der Waals surface area contributed by atoms with Gasteiger partial charge in [-0.25, -0.2) is 4.99 Å². The van der Waals surface area contributed by atoms with Crippen LogP contribution in [0.4, 0.5) is 5.69 Å². The lowest BCUT2D eigenvalue weighted by molar-refractivity contribution is 0.0977. The highest BCUT2D eigenvalue weighted by Gasteiger charge is 2.11. The second kappa shape index (κ2) is 10.3. The van der Waals surface area contributed by atoms with E-state index in [-0.39, 0.29) is 11.9 Å². The van der Waals surface area contributed by atoms with Crippen LogP contribution < -0.4 is 20.1 Å². The molecule has 0 unspecified atom stereocenters. The Hall–Kier alpha value is -3.58. The molecule has 1 heterocycles. The number of aromatic nitrogens is 1. The molecular formula is C22H21ClN4O3. The summed E-state index contributed by atoms with van der Waals surface area (Å²) in [5.41, 5.74) is 2.06. The normalized spacial score (nSPS) is 11.0. The summed E-state index contributed by atoms with van der Waals surface area (Å²) in [6.45, 7) is 0.354. The standard InChI is InChI=1S/C22H21ClN4O3/c1-29-19-11-18(12-20(13-19)30-2)26-22(25-14-15-7-9-24-10-8-15)27-21(28)16-3-5-17(23)6-4-16/h3-13H,14H2,1-2H3,(H2,25,26,27,28). The first kappa shape index (κ1) is 21.1. The van der Waals surface area contributed by atoms with Gasteiger partial charge in [-0.1, -0.05) is 11.6 Å². The Morgan fingerprint density at radius 3 is 2.23 bits per heavy atom. The molecule has 154 valence electrons. The zero-order chi connectivity index (χ0) is 21.3. The van der Waals surface area contributed by atoms with Crippen molar-refractivity contribution < 1.29 is 14.3 Å². The summed E-state index contributed by atoms with van der Waals surface area (Å²) < 4.78 is 10.6. The number of guanidine groups is 1. The molecule has 0 atom stereocenters. The molecule has 0 radical (unpaired) electrons. The van der Waals surface area contributed by atoms with Gasteiger partial charge in [0.05, 0.1) is 20.8 Å². The summed E-state index contributed by atoms with van der Waals surface area (Å²) in [5.74, 6) is 1.17. The Morgan fingerprint density at radius 1 is 1.00 bits per heavy atom. The van der Waals surface area contributed by atoms with E-state index in [4.69, 9.17) is 21.1 Å². The number of nitrogens with zero attached hydrogens (tertiary/aromatic N) is 2. The fraction of sp³-hybridized carbons (Fsp3) is 0.136. The average Bonchev–Trinajstić information content (AvgIpc) is 2.78. The van der Waals surface area contributed by atoms with Gasteiger partial charge >= 0.3 is 0 Å². The molecule has 2 aromatic carbocycles. The van der Waals surface area contributed by atoms with Crippen molar-refractivity contribution in [3.63, 3.8) is 0 Å². The Bertz CT molecular complexity index is 1000. The predicted molar refractivity (Wildman–Crippen MR) is 117 cm³/mol. The van der Waals surface area contributed by atoms with E-state index in [0.717, 1.165) is 5.56 Å². The molecule has 0 aliphatic heterocycles. The van der Waals surface area contributed by atoms with Crippen LogP contribution in [-0.4, -0.2) is 31.1 Å². The molecule has 2 N–H and O–H groups in total. The first-order valence-corrected chi connectivity index (χ1v) is 9.45. The van der Waals surface area contributed by atoms with Gasteiger partial charge in [0.15, 0.2) is 0 Å². The maximum absolute atomic E-state index is 12.7. The third kappa shape index (κ3) is 5.96. The summed E-state index contributed by atoms with van der Waals surface area (Å²) >= 11 is 5.91. The lowest BCUT2D eigenvalue weighted by Gasteiger charge is -2.14. The SMILES string of the molecule is COc1cc(NC(=NCc2ccncc2)NC(=O)c2ccc(Cl)cc2)cc(OC)c1. The number of hydrogen-bond acceptors (Lipinski definition) is 5. The third-order valence-electron chi connectivity index (χ3n) is 4.12. The number of amides is 1. The summed E-state index contributed by atoms with van der Waals surface area (Å²) in [6.07, 6.45) is 3.38. The van der Waals surface area contributed by atoms with E-state index in [1.807, 2.05) is 12.1 Å². The molecule has 8 heteroatoms. The first-order chi connectivity index (χ1) is 14.6. The van der Waals surface area contributed by atoms with Gasteiger partial charge in [0.25, 0.3) is 5.91 Å². The molecule has 7 nitrogen and oxygen atoms in total. The monoisotopic (exact) mass is 424 g/mol. The first-order valence-electron chi connectivity index (χ1n) is 9.08. The molecular weight excluding hydrogens is 404 g/mol. The number of anilines is 1. The van der Waals surface area contributed by atoms with E-state index in [1.165, 1.54) is 0 Å². The lowest BCUT2D eigenvalue weighted by atomic mass is 10.2. The third-order valence-corrected chi connectivity index (χ3v) is 4.37. The van der Waals surface area contributed by atoms with E-state index < -0.39 is 0 Å². The molecule has 3 aromatic rings. The van der Waals surface area contributed by atoms with Crippen LogP contribution in [0.15, 0.2) is 72.0 Å². The van der Waals surface area contributed by atoms with Crippen LogP contribution in [0.25, 0.3) is 0 Å². The maximum Gasteiger partial charge on any atom is 0.257 e. The van der Waals surface area contributed by atoms with Crippen LogP contribution in [-0.2, 0) is 6.54 Å². The van der Waals surface area contributed by atoms with Gasteiger partial charge in [-0.3, -0.25) is 15.1 Å². The molecule has 1 aromatic heterocycles. The van der Waals surface area contributed by atoms with Crippen molar-refractivity contribution in [1.29, 1.82) is 0 Å². The maximum atomic E-state index is 12.7. The van der Waals surface area contributed by atoms with Crippen molar-refractivity contribution in [2.75, 3.05) is 19.5 Å². The van der Waals surface area contributed by atoms with Crippen molar-refractivity contribution >= 4 is 29.2 Å². The van der Waals surface area contributed by atoms with Gasteiger partial charge in [0.1, 0.15) is 11.5 Å². The molecule has 0 aliphatic carbocycles. The second-order valence-electron chi connectivity index (χ2n) is 6.21. The van der Waals surface area contributed by atoms with Crippen molar-refractivity contribution in [1.82, 2.24) is 10.3 Å². The van der Waals surface area contributed by atoms with E-state index in [0.29, 0.717) is 34.3 Å². The fourth-order valence-corrected chi connectivity index (χ4v) is 2.69. The van der Waals surface area contributed by atoms with E-state index >= 15 is 0 Å². The molecule has 30 heavy (non-hydrogen) atoms. The summed E-state index contributed by atoms with van der Waals surface area (Å²) in [5, 5.41) is 6.49. The highest BCUT2D eigenvalue weighted by atomic mass is 35.5. The number of carbonyl (C=O) groups is 1. The fourth-order valence-electron chi connectivity index (χ4n) is 2.57. The number of aliphatic imine (C=N–C) groups is 1. The quantitative estimate of drug-likeness (QED) is 0.458. The summed E-state index contributed by atoms with van der Waals surface area (Å²) in [7, 11) is 3.14. The van der Waals surface area contributed by atoms with E-state index in [2.05, 4.69) is 20.6 Å². The van der Waals surface area contributed by atoms with Crippen LogP contribution in [0.1, 0.15) is 15.9 Å². The van der Waals surface area contributed by atoms with Gasteiger partial charge < -0.3 is 14.8 Å². The predicted octanol–water partition coefficient (Wildman–Crippen LogP) is 4.15.